The second kappa shape index (κ2) is 3.75. The molecule has 0 atom stereocenters. The maximum absolute atomic E-state index is 5.87. The van der Waals surface area contributed by atoms with E-state index < -0.39 is 0 Å². The van der Waals surface area contributed by atoms with Crippen molar-refractivity contribution in [2.24, 2.45) is 0 Å². The molecular formula is C10H15N3. The van der Waals surface area contributed by atoms with Gasteiger partial charge in [0.25, 0.3) is 0 Å². The summed E-state index contributed by atoms with van der Waals surface area (Å²) in [4.78, 5) is 4.35. The highest BCUT2D eigenvalue weighted by Gasteiger charge is 2.17. The van der Waals surface area contributed by atoms with Gasteiger partial charge in [0.1, 0.15) is 0 Å². The predicted octanol–water partition coefficient (Wildman–Crippen LogP) is 1.13. The van der Waals surface area contributed by atoms with E-state index in [0.717, 1.165) is 37.3 Å². The quantitative estimate of drug-likeness (QED) is 0.676. The Morgan fingerprint density at radius 3 is 2.85 bits per heavy atom. The molecule has 70 valence electrons. The molecule has 0 bridgehead atoms. The first-order chi connectivity index (χ1) is 6.38. The molecular weight excluding hydrogens is 162 g/mol. The number of nitrogens with two attached hydrogens (primary N) is 1. The third-order valence-corrected chi connectivity index (χ3v) is 2.60. The van der Waals surface area contributed by atoms with Crippen LogP contribution in [0.15, 0.2) is 18.3 Å². The van der Waals surface area contributed by atoms with Crippen LogP contribution in [0.25, 0.3) is 0 Å². The fraction of sp³-hybridized carbons (Fsp3) is 0.500. The van der Waals surface area contributed by atoms with E-state index in [1.54, 1.807) is 0 Å². The summed E-state index contributed by atoms with van der Waals surface area (Å²) in [5, 5.41) is 3.34. The monoisotopic (exact) mass is 177 g/mol. The van der Waals surface area contributed by atoms with Crippen LogP contribution in [0.3, 0.4) is 0 Å². The molecule has 0 spiro atoms. The summed E-state index contributed by atoms with van der Waals surface area (Å²) < 4.78 is 0. The van der Waals surface area contributed by atoms with Crippen LogP contribution in [0.5, 0.6) is 0 Å². The van der Waals surface area contributed by atoms with Crippen LogP contribution in [0, 0.1) is 0 Å². The van der Waals surface area contributed by atoms with Gasteiger partial charge in [0, 0.05) is 12.1 Å². The molecule has 0 aromatic carbocycles. The number of hydrogen-bond acceptors (Lipinski definition) is 3. The number of rotatable bonds is 1. The minimum Gasteiger partial charge on any atom is -0.397 e. The zero-order valence-corrected chi connectivity index (χ0v) is 7.66. The Morgan fingerprint density at radius 2 is 2.15 bits per heavy atom. The highest BCUT2D eigenvalue weighted by molar-refractivity contribution is 5.44. The van der Waals surface area contributed by atoms with Crippen molar-refractivity contribution in [3.8, 4) is 0 Å². The summed E-state index contributed by atoms with van der Waals surface area (Å²) >= 11 is 0. The van der Waals surface area contributed by atoms with Crippen LogP contribution in [0.4, 0.5) is 5.69 Å². The van der Waals surface area contributed by atoms with E-state index in [1.807, 2.05) is 18.3 Å². The van der Waals surface area contributed by atoms with Crippen LogP contribution in [-0.4, -0.2) is 18.1 Å². The highest BCUT2D eigenvalue weighted by Crippen LogP contribution is 2.26. The summed E-state index contributed by atoms with van der Waals surface area (Å²) in [6.45, 7) is 2.17. The molecule has 0 aliphatic carbocycles. The Balaban J connectivity index is 2.18. The van der Waals surface area contributed by atoms with Gasteiger partial charge in [-0.3, -0.25) is 4.98 Å². The van der Waals surface area contributed by atoms with Crippen molar-refractivity contribution in [2.45, 2.75) is 18.8 Å². The fourth-order valence-electron chi connectivity index (χ4n) is 1.87. The van der Waals surface area contributed by atoms with Crippen molar-refractivity contribution < 1.29 is 0 Å². The molecule has 2 heterocycles. The summed E-state index contributed by atoms with van der Waals surface area (Å²) in [7, 11) is 0. The molecule has 0 saturated carbocycles. The first-order valence-corrected chi connectivity index (χ1v) is 4.79. The molecule has 1 aromatic heterocycles. The lowest BCUT2D eigenvalue weighted by Gasteiger charge is -2.22. The van der Waals surface area contributed by atoms with Gasteiger partial charge in [0.05, 0.1) is 11.4 Å². The zero-order chi connectivity index (χ0) is 9.10. The second-order valence-corrected chi connectivity index (χ2v) is 3.50. The molecule has 2 rings (SSSR count). The van der Waals surface area contributed by atoms with Crippen molar-refractivity contribution in [1.29, 1.82) is 0 Å². The lowest BCUT2D eigenvalue weighted by Crippen LogP contribution is -2.27. The van der Waals surface area contributed by atoms with E-state index in [-0.39, 0.29) is 0 Å². The Labute approximate surface area is 78.4 Å². The Hall–Kier alpha value is -1.09. The van der Waals surface area contributed by atoms with E-state index >= 15 is 0 Å². The molecule has 1 aliphatic rings. The highest BCUT2D eigenvalue weighted by atomic mass is 14.9. The lowest BCUT2D eigenvalue weighted by molar-refractivity contribution is 0.454. The number of piperidine rings is 1. The summed E-state index contributed by atoms with van der Waals surface area (Å²) in [5.41, 5.74) is 7.80. The maximum atomic E-state index is 5.87. The van der Waals surface area contributed by atoms with Crippen LogP contribution < -0.4 is 11.1 Å². The largest absolute Gasteiger partial charge is 0.397 e. The van der Waals surface area contributed by atoms with Crippen molar-refractivity contribution in [1.82, 2.24) is 10.3 Å². The molecule has 3 nitrogen and oxygen atoms in total. The van der Waals surface area contributed by atoms with E-state index in [9.17, 15) is 0 Å². The molecule has 1 fully saturated rings. The molecule has 3 N–H and O–H groups in total. The molecule has 1 aliphatic heterocycles. The van der Waals surface area contributed by atoms with Gasteiger partial charge in [-0.25, -0.2) is 0 Å². The van der Waals surface area contributed by atoms with Gasteiger partial charge in [-0.1, -0.05) is 0 Å². The van der Waals surface area contributed by atoms with Gasteiger partial charge in [-0.2, -0.15) is 0 Å². The number of nitrogens with one attached hydrogen (secondary N) is 1. The average Bonchev–Trinajstić information content (AvgIpc) is 2.20. The van der Waals surface area contributed by atoms with Crippen LogP contribution >= 0.6 is 0 Å². The van der Waals surface area contributed by atoms with Gasteiger partial charge in [0.2, 0.25) is 0 Å². The predicted molar refractivity (Wildman–Crippen MR) is 53.5 cm³/mol. The van der Waals surface area contributed by atoms with E-state index in [4.69, 9.17) is 5.73 Å². The molecule has 13 heavy (non-hydrogen) atoms. The Kier molecular flexibility index (Phi) is 2.45. The molecule has 1 aromatic rings. The molecule has 0 amide bonds. The average molecular weight is 177 g/mol. The van der Waals surface area contributed by atoms with E-state index in [2.05, 4.69) is 10.3 Å². The molecule has 0 unspecified atom stereocenters. The topological polar surface area (TPSA) is 50.9 Å². The van der Waals surface area contributed by atoms with Gasteiger partial charge in [-0.05, 0) is 38.1 Å². The minimum atomic E-state index is 0.558. The Morgan fingerprint density at radius 1 is 1.38 bits per heavy atom. The third kappa shape index (κ3) is 1.80. The fourth-order valence-corrected chi connectivity index (χ4v) is 1.87. The van der Waals surface area contributed by atoms with Crippen LogP contribution in [0.2, 0.25) is 0 Å². The summed E-state index contributed by atoms with van der Waals surface area (Å²) in [6, 6.07) is 3.82. The standard InChI is InChI=1S/C10H15N3/c11-9-2-1-5-13-10(9)8-3-6-12-7-4-8/h1-2,5,8,12H,3-4,6-7,11H2. The van der Waals surface area contributed by atoms with Crippen LogP contribution in [-0.2, 0) is 0 Å². The zero-order valence-electron chi connectivity index (χ0n) is 7.66. The van der Waals surface area contributed by atoms with E-state index in [0.29, 0.717) is 5.92 Å². The normalized spacial score (nSPS) is 18.8. The maximum Gasteiger partial charge on any atom is 0.0664 e. The van der Waals surface area contributed by atoms with E-state index in [1.165, 1.54) is 0 Å². The van der Waals surface area contributed by atoms with Crippen LogP contribution in [0.1, 0.15) is 24.5 Å². The Bertz CT molecular complexity index is 279. The molecule has 3 heteroatoms. The molecule has 0 radical (unpaired) electrons. The number of anilines is 1. The first kappa shape index (κ1) is 8.51. The second-order valence-electron chi connectivity index (χ2n) is 3.50. The SMILES string of the molecule is Nc1cccnc1C1CCNCC1. The van der Waals surface area contributed by atoms with Gasteiger partial charge in [-0.15, -0.1) is 0 Å². The minimum absolute atomic E-state index is 0.558. The summed E-state index contributed by atoms with van der Waals surface area (Å²) in [5.74, 6) is 0.558. The third-order valence-electron chi connectivity index (χ3n) is 2.60. The lowest BCUT2D eigenvalue weighted by atomic mass is 9.93. The number of nitrogens with zero attached hydrogens (tertiary/aromatic N) is 1. The summed E-state index contributed by atoms with van der Waals surface area (Å²) in [6.07, 6.45) is 4.14. The number of aromatic nitrogens is 1. The number of pyridine rings is 1. The van der Waals surface area contributed by atoms with Crippen molar-refractivity contribution in [3.05, 3.63) is 24.0 Å². The molecule has 1 saturated heterocycles. The first-order valence-electron chi connectivity index (χ1n) is 4.79. The number of nitrogen functional groups attached to an aromatic ring is 1. The van der Waals surface area contributed by atoms with Gasteiger partial charge < -0.3 is 11.1 Å². The number of hydrogen-bond donors (Lipinski definition) is 2. The van der Waals surface area contributed by atoms with Crippen molar-refractivity contribution >= 4 is 5.69 Å². The van der Waals surface area contributed by atoms with Gasteiger partial charge >= 0.3 is 0 Å². The van der Waals surface area contributed by atoms with Crippen molar-refractivity contribution in [2.75, 3.05) is 18.8 Å². The van der Waals surface area contributed by atoms with Crippen molar-refractivity contribution in [3.63, 3.8) is 0 Å². The van der Waals surface area contributed by atoms with Gasteiger partial charge in [0.15, 0.2) is 0 Å². The smallest absolute Gasteiger partial charge is 0.0664 e.